The molecule has 0 atom stereocenters. The summed E-state index contributed by atoms with van der Waals surface area (Å²) >= 11 is 0. The van der Waals surface area contributed by atoms with Crippen LogP contribution in [-0.4, -0.2) is 16.3 Å². The summed E-state index contributed by atoms with van der Waals surface area (Å²) in [5.74, 6) is 2.10. The van der Waals surface area contributed by atoms with Crippen LogP contribution in [0.1, 0.15) is 11.1 Å². The first-order valence-corrected chi connectivity index (χ1v) is 6.82. The Balaban J connectivity index is 1.77. The Bertz CT molecular complexity index is 839. The highest BCUT2D eigenvalue weighted by Gasteiger charge is 2.15. The fraction of sp³-hybridized carbons (Fsp3) is 0.188. The maximum Gasteiger partial charge on any atom is 0.231 e. The molecule has 0 unspecified atom stereocenters. The number of para-hydroxylation sites is 1. The normalized spacial score (nSPS) is 13.0. The molecule has 0 aliphatic carbocycles. The number of rotatable bonds is 2. The van der Waals surface area contributed by atoms with Crippen molar-refractivity contribution in [1.82, 2.24) is 9.55 Å². The quantitative estimate of drug-likeness (QED) is 0.784. The van der Waals surface area contributed by atoms with Crippen LogP contribution in [-0.2, 0) is 6.54 Å². The summed E-state index contributed by atoms with van der Waals surface area (Å²) in [5, 5.41) is 0. The third-order valence-electron chi connectivity index (χ3n) is 3.79. The van der Waals surface area contributed by atoms with Crippen LogP contribution in [0.2, 0.25) is 0 Å². The average molecular weight is 281 g/mol. The highest BCUT2D eigenvalue weighted by molar-refractivity contribution is 5.81. The SMILES string of the molecule is Cc1cccc2c1nc(N)n2Cc1ccc2c(c1)OCO2. The number of imidazole rings is 1. The second-order valence-corrected chi connectivity index (χ2v) is 5.19. The third-order valence-corrected chi connectivity index (χ3v) is 3.79. The zero-order chi connectivity index (χ0) is 14.4. The van der Waals surface area contributed by atoms with E-state index in [1.807, 2.05) is 47.9 Å². The van der Waals surface area contributed by atoms with E-state index in [9.17, 15) is 0 Å². The lowest BCUT2D eigenvalue weighted by Crippen LogP contribution is -2.04. The molecule has 4 rings (SSSR count). The molecule has 1 aromatic heterocycles. The Hall–Kier alpha value is -2.69. The summed E-state index contributed by atoms with van der Waals surface area (Å²) < 4.78 is 12.8. The molecule has 21 heavy (non-hydrogen) atoms. The van der Waals surface area contributed by atoms with Gasteiger partial charge in [0.1, 0.15) is 0 Å². The molecule has 106 valence electrons. The van der Waals surface area contributed by atoms with Gasteiger partial charge < -0.3 is 19.8 Å². The van der Waals surface area contributed by atoms with Gasteiger partial charge in [-0.1, -0.05) is 18.2 Å². The molecule has 0 radical (unpaired) electrons. The van der Waals surface area contributed by atoms with E-state index in [2.05, 4.69) is 4.98 Å². The van der Waals surface area contributed by atoms with Crippen LogP contribution in [0.25, 0.3) is 11.0 Å². The van der Waals surface area contributed by atoms with Crippen LogP contribution in [0.15, 0.2) is 36.4 Å². The third kappa shape index (κ3) is 1.89. The predicted molar refractivity (Wildman–Crippen MR) is 80.5 cm³/mol. The van der Waals surface area contributed by atoms with Crippen molar-refractivity contribution in [2.45, 2.75) is 13.5 Å². The molecule has 1 aliphatic rings. The first-order valence-electron chi connectivity index (χ1n) is 6.82. The van der Waals surface area contributed by atoms with Crippen LogP contribution in [0.4, 0.5) is 5.95 Å². The number of hydrogen-bond acceptors (Lipinski definition) is 4. The number of nitrogens with two attached hydrogens (primary N) is 1. The number of aromatic nitrogens is 2. The molecule has 2 aromatic carbocycles. The first-order chi connectivity index (χ1) is 10.2. The van der Waals surface area contributed by atoms with Gasteiger partial charge >= 0.3 is 0 Å². The number of nitrogens with zero attached hydrogens (tertiary/aromatic N) is 2. The van der Waals surface area contributed by atoms with Crippen LogP contribution in [0.3, 0.4) is 0 Å². The zero-order valence-corrected chi connectivity index (χ0v) is 11.7. The number of nitrogen functional groups attached to an aromatic ring is 1. The number of fused-ring (bicyclic) bond motifs is 2. The van der Waals surface area contributed by atoms with E-state index >= 15 is 0 Å². The van der Waals surface area contributed by atoms with Gasteiger partial charge in [-0.2, -0.15) is 0 Å². The van der Waals surface area contributed by atoms with Crippen LogP contribution >= 0.6 is 0 Å². The standard InChI is InChI=1S/C16H15N3O2/c1-10-3-2-4-12-15(10)18-16(17)19(12)8-11-5-6-13-14(7-11)21-9-20-13/h2-7H,8-9H2,1H3,(H2,17,18). The van der Waals surface area contributed by atoms with Gasteiger partial charge in [0, 0.05) is 0 Å². The molecule has 5 nitrogen and oxygen atoms in total. The number of aryl methyl sites for hydroxylation is 1. The number of benzene rings is 2. The largest absolute Gasteiger partial charge is 0.454 e. The molecular formula is C16H15N3O2. The molecule has 1 aliphatic heterocycles. The van der Waals surface area contributed by atoms with Crippen molar-refractivity contribution in [3.8, 4) is 11.5 Å². The van der Waals surface area contributed by atoms with Crippen LogP contribution in [0.5, 0.6) is 11.5 Å². The molecule has 5 heteroatoms. The van der Waals surface area contributed by atoms with Gasteiger partial charge in [-0.05, 0) is 36.2 Å². The van der Waals surface area contributed by atoms with E-state index < -0.39 is 0 Å². The Labute approximate surface area is 121 Å². The number of hydrogen-bond donors (Lipinski definition) is 1. The monoisotopic (exact) mass is 281 g/mol. The van der Waals surface area contributed by atoms with Gasteiger partial charge in [0.05, 0.1) is 17.6 Å². The van der Waals surface area contributed by atoms with E-state index in [0.717, 1.165) is 33.7 Å². The Kier molecular flexibility index (Phi) is 2.54. The minimum Gasteiger partial charge on any atom is -0.454 e. The molecule has 3 aromatic rings. The lowest BCUT2D eigenvalue weighted by Gasteiger charge is -2.07. The highest BCUT2D eigenvalue weighted by atomic mass is 16.7. The summed E-state index contributed by atoms with van der Waals surface area (Å²) in [4.78, 5) is 4.47. The molecule has 0 saturated carbocycles. The summed E-state index contributed by atoms with van der Waals surface area (Å²) in [6.07, 6.45) is 0. The van der Waals surface area contributed by atoms with E-state index in [4.69, 9.17) is 15.2 Å². The fourth-order valence-electron chi connectivity index (χ4n) is 2.69. The summed E-state index contributed by atoms with van der Waals surface area (Å²) in [5.41, 5.74) is 10.3. The second kappa shape index (κ2) is 4.41. The zero-order valence-electron chi connectivity index (χ0n) is 11.7. The Morgan fingerprint density at radius 3 is 2.95 bits per heavy atom. The fourth-order valence-corrected chi connectivity index (χ4v) is 2.69. The first kappa shape index (κ1) is 12.1. The Morgan fingerprint density at radius 2 is 2.05 bits per heavy atom. The van der Waals surface area contributed by atoms with E-state index in [1.165, 1.54) is 0 Å². The molecule has 0 spiro atoms. The lowest BCUT2D eigenvalue weighted by molar-refractivity contribution is 0.174. The molecule has 0 saturated heterocycles. The second-order valence-electron chi connectivity index (χ2n) is 5.19. The van der Waals surface area contributed by atoms with Gasteiger partial charge in [-0.15, -0.1) is 0 Å². The van der Waals surface area contributed by atoms with Crippen molar-refractivity contribution in [3.05, 3.63) is 47.5 Å². The summed E-state index contributed by atoms with van der Waals surface area (Å²) in [6, 6.07) is 12.0. The maximum atomic E-state index is 6.08. The van der Waals surface area contributed by atoms with Gasteiger partial charge in [0.2, 0.25) is 12.7 Å². The van der Waals surface area contributed by atoms with Crippen molar-refractivity contribution < 1.29 is 9.47 Å². The average Bonchev–Trinajstić information content (AvgIpc) is 3.05. The van der Waals surface area contributed by atoms with Crippen molar-refractivity contribution in [2.24, 2.45) is 0 Å². The van der Waals surface area contributed by atoms with E-state index in [0.29, 0.717) is 12.5 Å². The summed E-state index contributed by atoms with van der Waals surface area (Å²) in [7, 11) is 0. The highest BCUT2D eigenvalue weighted by Crippen LogP contribution is 2.33. The van der Waals surface area contributed by atoms with Crippen LogP contribution < -0.4 is 15.2 Å². The van der Waals surface area contributed by atoms with Gasteiger partial charge in [0.15, 0.2) is 11.5 Å². The van der Waals surface area contributed by atoms with E-state index in [1.54, 1.807) is 0 Å². The topological polar surface area (TPSA) is 62.3 Å². The molecule has 0 bridgehead atoms. The minimum atomic E-state index is 0.286. The van der Waals surface area contributed by atoms with Gasteiger partial charge in [-0.3, -0.25) is 0 Å². The minimum absolute atomic E-state index is 0.286. The van der Waals surface area contributed by atoms with Crippen LogP contribution in [0, 0.1) is 6.92 Å². The van der Waals surface area contributed by atoms with Crippen molar-refractivity contribution in [3.63, 3.8) is 0 Å². The van der Waals surface area contributed by atoms with Crippen molar-refractivity contribution in [1.29, 1.82) is 0 Å². The smallest absolute Gasteiger partial charge is 0.231 e. The molecule has 2 heterocycles. The maximum absolute atomic E-state index is 6.08. The molecule has 0 amide bonds. The molecular weight excluding hydrogens is 266 g/mol. The molecule has 0 fully saturated rings. The van der Waals surface area contributed by atoms with Gasteiger partial charge in [-0.25, -0.2) is 4.98 Å². The van der Waals surface area contributed by atoms with Crippen molar-refractivity contribution in [2.75, 3.05) is 12.5 Å². The summed E-state index contributed by atoms with van der Waals surface area (Å²) in [6.45, 7) is 2.98. The van der Waals surface area contributed by atoms with Crippen molar-refractivity contribution >= 4 is 17.0 Å². The predicted octanol–water partition coefficient (Wildman–Crippen LogP) is 2.70. The van der Waals surface area contributed by atoms with E-state index in [-0.39, 0.29) is 6.79 Å². The Morgan fingerprint density at radius 1 is 1.19 bits per heavy atom. The van der Waals surface area contributed by atoms with Gasteiger partial charge in [0.25, 0.3) is 0 Å². The number of anilines is 1. The molecule has 2 N–H and O–H groups in total. The lowest BCUT2D eigenvalue weighted by atomic mass is 10.2. The number of ether oxygens (including phenoxy) is 2.